The molecule has 0 radical (unpaired) electrons. The standard InChI is InChI=1S/C34H29Cl2N7O4/c1-32(17-20-6-8-21(18-37)9-7-20)30(46)42(24-15-22(35)14-23(36)16-24)31-38-19-25(43(31)32)28(44)40-34(12-13-34)29(45)41-33(10-11-33)26-4-3-5-27(39-26)47-2/h3-9,14-16,19H,10-13,17H2,1-2H3,(H,40,44)(H,41,45)/t32-/m1/s1. The molecule has 2 aromatic heterocycles. The molecule has 2 fully saturated rings. The number of benzene rings is 2. The van der Waals surface area contributed by atoms with E-state index in [-0.39, 0.29) is 29.9 Å². The Balaban J connectivity index is 1.21. The lowest BCUT2D eigenvalue weighted by Gasteiger charge is -2.27. The van der Waals surface area contributed by atoms with Gasteiger partial charge in [0.2, 0.25) is 17.7 Å². The third-order valence-electron chi connectivity index (χ3n) is 9.13. The molecule has 238 valence electrons. The molecule has 1 atom stereocenters. The zero-order valence-corrected chi connectivity index (χ0v) is 27.0. The van der Waals surface area contributed by atoms with Gasteiger partial charge < -0.3 is 15.4 Å². The van der Waals surface area contributed by atoms with Crippen molar-refractivity contribution in [1.82, 2.24) is 25.2 Å². The maximum Gasteiger partial charge on any atom is 0.270 e. The summed E-state index contributed by atoms with van der Waals surface area (Å²) in [7, 11) is 1.54. The molecule has 0 bridgehead atoms. The number of nitrogens with zero attached hydrogens (tertiary/aromatic N) is 5. The minimum absolute atomic E-state index is 0.120. The van der Waals surface area contributed by atoms with E-state index in [0.717, 1.165) is 18.4 Å². The Kier molecular flexibility index (Phi) is 7.26. The molecule has 2 aliphatic carbocycles. The highest BCUT2D eigenvalue weighted by atomic mass is 35.5. The predicted molar refractivity (Wildman–Crippen MR) is 174 cm³/mol. The van der Waals surface area contributed by atoms with Crippen molar-refractivity contribution in [2.24, 2.45) is 0 Å². The number of hydrogen-bond acceptors (Lipinski definition) is 7. The van der Waals surface area contributed by atoms with Crippen molar-refractivity contribution in [2.45, 2.75) is 55.6 Å². The highest BCUT2D eigenvalue weighted by Crippen LogP contribution is 2.48. The summed E-state index contributed by atoms with van der Waals surface area (Å²) < 4.78 is 6.88. The molecule has 13 heteroatoms. The summed E-state index contributed by atoms with van der Waals surface area (Å²) in [6.45, 7) is 1.74. The van der Waals surface area contributed by atoms with Crippen LogP contribution in [0.4, 0.5) is 11.6 Å². The first-order valence-corrected chi connectivity index (χ1v) is 15.8. The Hall–Kier alpha value is -4.92. The number of carbonyl (C=O) groups excluding carboxylic acids is 3. The van der Waals surface area contributed by atoms with Gasteiger partial charge >= 0.3 is 0 Å². The molecule has 3 heterocycles. The number of anilines is 2. The van der Waals surface area contributed by atoms with E-state index in [2.05, 4.69) is 26.7 Å². The molecule has 3 amide bonds. The van der Waals surface area contributed by atoms with Crippen molar-refractivity contribution < 1.29 is 19.1 Å². The number of hydrogen-bond donors (Lipinski definition) is 2. The highest BCUT2D eigenvalue weighted by Gasteiger charge is 2.57. The number of methoxy groups -OCH3 is 1. The van der Waals surface area contributed by atoms with Gasteiger partial charge in [-0.3, -0.25) is 19.0 Å². The van der Waals surface area contributed by atoms with Crippen LogP contribution in [0.3, 0.4) is 0 Å². The quantitative estimate of drug-likeness (QED) is 0.250. The number of halogens is 2. The zero-order valence-electron chi connectivity index (χ0n) is 25.5. The van der Waals surface area contributed by atoms with Gasteiger partial charge in [0.15, 0.2) is 0 Å². The number of rotatable bonds is 9. The van der Waals surface area contributed by atoms with Gasteiger partial charge in [-0.2, -0.15) is 5.26 Å². The highest BCUT2D eigenvalue weighted by molar-refractivity contribution is 6.35. The number of nitriles is 1. The van der Waals surface area contributed by atoms with E-state index in [1.54, 1.807) is 67.1 Å². The zero-order chi connectivity index (χ0) is 33.1. The maximum atomic E-state index is 14.3. The van der Waals surface area contributed by atoms with E-state index in [1.807, 2.05) is 12.1 Å². The number of fused-ring (bicyclic) bond motifs is 1. The number of ether oxygens (including phenoxy) is 1. The predicted octanol–water partition coefficient (Wildman–Crippen LogP) is 5.17. The third-order valence-corrected chi connectivity index (χ3v) is 9.57. The van der Waals surface area contributed by atoms with Gasteiger partial charge in [-0.1, -0.05) is 41.4 Å². The number of carbonyl (C=O) groups is 3. The van der Waals surface area contributed by atoms with Crippen LogP contribution in [-0.2, 0) is 27.1 Å². The number of pyridine rings is 1. The van der Waals surface area contributed by atoms with Crippen LogP contribution in [0.1, 0.15) is 59.9 Å². The van der Waals surface area contributed by atoms with Crippen LogP contribution in [0.25, 0.3) is 0 Å². The molecule has 4 aromatic rings. The van der Waals surface area contributed by atoms with Crippen LogP contribution in [0.5, 0.6) is 5.88 Å². The minimum atomic E-state index is -1.31. The summed E-state index contributed by atoms with van der Waals surface area (Å²) in [5.41, 5.74) is -0.551. The summed E-state index contributed by atoms with van der Waals surface area (Å²) in [5.74, 6) is -0.506. The van der Waals surface area contributed by atoms with E-state index in [4.69, 9.17) is 27.9 Å². The molecule has 2 saturated carbocycles. The fourth-order valence-electron chi connectivity index (χ4n) is 6.24. The largest absolute Gasteiger partial charge is 0.481 e. The van der Waals surface area contributed by atoms with Crippen molar-refractivity contribution >= 4 is 52.6 Å². The summed E-state index contributed by atoms with van der Waals surface area (Å²) in [6, 6.07) is 19.2. The molecule has 7 rings (SSSR count). The lowest BCUT2D eigenvalue weighted by molar-refractivity contribution is -0.125. The van der Waals surface area contributed by atoms with Crippen molar-refractivity contribution in [3.63, 3.8) is 0 Å². The molecule has 0 unspecified atom stereocenters. The van der Waals surface area contributed by atoms with Crippen LogP contribution < -0.4 is 20.3 Å². The number of imidazole rings is 1. The first kappa shape index (κ1) is 30.7. The molecular formula is C34H29Cl2N7O4. The van der Waals surface area contributed by atoms with Gasteiger partial charge in [-0.25, -0.2) is 14.9 Å². The van der Waals surface area contributed by atoms with E-state index in [0.29, 0.717) is 45.7 Å². The van der Waals surface area contributed by atoms with Gasteiger partial charge in [-0.15, -0.1) is 0 Å². The second kappa shape index (κ2) is 11.1. The molecule has 1 aliphatic heterocycles. The molecular weight excluding hydrogens is 641 g/mol. The molecule has 2 N–H and O–H groups in total. The van der Waals surface area contributed by atoms with E-state index >= 15 is 0 Å². The first-order chi connectivity index (χ1) is 22.5. The molecule has 3 aliphatic rings. The molecule has 0 spiro atoms. The first-order valence-electron chi connectivity index (χ1n) is 15.1. The summed E-state index contributed by atoms with van der Waals surface area (Å²) in [5, 5.41) is 16.0. The number of nitrogens with one attached hydrogen (secondary N) is 2. The normalized spacial score (nSPS) is 19.8. The Morgan fingerprint density at radius 2 is 1.72 bits per heavy atom. The summed E-state index contributed by atoms with van der Waals surface area (Å²) in [4.78, 5) is 52.5. The maximum absolute atomic E-state index is 14.3. The fraction of sp³-hybridized carbons (Fsp3) is 0.294. The van der Waals surface area contributed by atoms with Gasteiger partial charge in [0.05, 0.1) is 41.9 Å². The molecule has 2 aromatic carbocycles. The van der Waals surface area contributed by atoms with Crippen LogP contribution >= 0.6 is 23.2 Å². The lowest BCUT2D eigenvalue weighted by Crippen LogP contribution is -2.52. The van der Waals surface area contributed by atoms with E-state index in [1.165, 1.54) is 11.1 Å². The monoisotopic (exact) mass is 669 g/mol. The molecule has 11 nitrogen and oxygen atoms in total. The second-order valence-corrected chi connectivity index (χ2v) is 13.3. The van der Waals surface area contributed by atoms with Crippen LogP contribution in [0, 0.1) is 11.3 Å². The number of amides is 3. The van der Waals surface area contributed by atoms with Gasteiger partial charge in [0.1, 0.15) is 16.8 Å². The average Bonchev–Trinajstić information content (AvgIpc) is 3.96. The lowest BCUT2D eigenvalue weighted by atomic mass is 9.91. The van der Waals surface area contributed by atoms with Gasteiger partial charge in [0, 0.05) is 22.5 Å². The van der Waals surface area contributed by atoms with Crippen molar-refractivity contribution in [1.29, 1.82) is 5.26 Å². The van der Waals surface area contributed by atoms with Crippen LogP contribution in [0.15, 0.2) is 66.9 Å². The van der Waals surface area contributed by atoms with Crippen molar-refractivity contribution in [3.8, 4) is 11.9 Å². The summed E-state index contributed by atoms with van der Waals surface area (Å²) >= 11 is 12.6. The van der Waals surface area contributed by atoms with Gasteiger partial charge in [-0.05, 0) is 74.6 Å². The van der Waals surface area contributed by atoms with E-state index in [9.17, 15) is 19.6 Å². The van der Waals surface area contributed by atoms with E-state index < -0.39 is 22.5 Å². The van der Waals surface area contributed by atoms with Crippen molar-refractivity contribution in [2.75, 3.05) is 12.0 Å². The SMILES string of the molecule is COc1cccc(C2(NC(=O)C3(NC(=O)c4cnc5n4[C@](C)(Cc4ccc(C#N)cc4)C(=O)N5c4cc(Cl)cc(Cl)c4)CC3)CC2)n1. The smallest absolute Gasteiger partial charge is 0.270 e. The second-order valence-electron chi connectivity index (χ2n) is 12.4. The number of aromatic nitrogens is 3. The van der Waals surface area contributed by atoms with Crippen LogP contribution in [0.2, 0.25) is 10.0 Å². The third kappa shape index (κ3) is 5.27. The van der Waals surface area contributed by atoms with Crippen LogP contribution in [-0.4, -0.2) is 44.9 Å². The Morgan fingerprint density at radius 3 is 2.34 bits per heavy atom. The topological polar surface area (TPSA) is 142 Å². The fourth-order valence-corrected chi connectivity index (χ4v) is 6.76. The Bertz CT molecular complexity index is 1980. The average molecular weight is 671 g/mol. The van der Waals surface area contributed by atoms with Gasteiger partial charge in [0.25, 0.3) is 11.8 Å². The Labute approximate surface area is 280 Å². The molecule has 47 heavy (non-hydrogen) atoms. The Morgan fingerprint density at radius 1 is 1.02 bits per heavy atom. The summed E-state index contributed by atoms with van der Waals surface area (Å²) in [6.07, 6.45) is 3.96. The van der Waals surface area contributed by atoms with Crippen molar-refractivity contribution in [3.05, 3.63) is 99.4 Å². The molecule has 0 saturated heterocycles. The minimum Gasteiger partial charge on any atom is -0.481 e.